The zero-order valence-corrected chi connectivity index (χ0v) is 15.6. The van der Waals surface area contributed by atoms with Crippen LogP contribution in [0.4, 0.5) is 27.5 Å². The maximum atomic E-state index is 13.4. The first-order chi connectivity index (χ1) is 13.2. The average molecular weight is 382 g/mol. The Balaban J connectivity index is 2.05. The molecule has 0 saturated heterocycles. The molecule has 3 aromatic rings. The number of aromatic nitrogens is 3. The van der Waals surface area contributed by atoms with Crippen molar-refractivity contribution in [2.45, 2.75) is 26.3 Å². The van der Waals surface area contributed by atoms with Gasteiger partial charge in [0.15, 0.2) is 0 Å². The SMILES string of the molecule is CC(C)(C)Nc1nc(Nc2ccc(F)cc2[N+](=O)[O-])cc(-c2ccncc2)n1. The minimum Gasteiger partial charge on any atom is -0.350 e. The fourth-order valence-electron chi connectivity index (χ4n) is 2.47. The Morgan fingerprint density at radius 3 is 2.43 bits per heavy atom. The average Bonchev–Trinajstić information content (AvgIpc) is 2.62. The molecule has 0 spiro atoms. The summed E-state index contributed by atoms with van der Waals surface area (Å²) in [6.45, 7) is 5.90. The molecule has 2 N–H and O–H groups in total. The molecule has 0 saturated carbocycles. The molecule has 0 aliphatic heterocycles. The van der Waals surface area contributed by atoms with Crippen molar-refractivity contribution in [3.05, 3.63) is 64.7 Å². The molecule has 0 radical (unpaired) electrons. The Bertz CT molecular complexity index is 1010. The van der Waals surface area contributed by atoms with E-state index in [2.05, 4.69) is 25.6 Å². The lowest BCUT2D eigenvalue weighted by Gasteiger charge is -2.21. The standard InChI is InChI=1S/C19H19FN6O2/c1-19(2,3)25-18-23-15(12-6-8-21-9-7-12)11-17(24-18)22-14-5-4-13(20)10-16(14)26(27)28/h4-11H,1-3H3,(H2,22,23,24,25). The lowest BCUT2D eigenvalue weighted by molar-refractivity contribution is -0.384. The molecule has 0 bridgehead atoms. The van der Waals surface area contributed by atoms with Crippen molar-refractivity contribution < 1.29 is 9.31 Å². The number of hydrogen-bond donors (Lipinski definition) is 2. The van der Waals surface area contributed by atoms with Crippen molar-refractivity contribution in [1.29, 1.82) is 0 Å². The fraction of sp³-hybridized carbons (Fsp3) is 0.211. The number of nitro groups is 1. The van der Waals surface area contributed by atoms with E-state index in [0.29, 0.717) is 17.5 Å². The fourth-order valence-corrected chi connectivity index (χ4v) is 2.47. The molecular formula is C19H19FN6O2. The van der Waals surface area contributed by atoms with Crippen molar-refractivity contribution in [3.8, 4) is 11.3 Å². The molecule has 0 aliphatic carbocycles. The van der Waals surface area contributed by atoms with Gasteiger partial charge in [0.05, 0.1) is 16.7 Å². The van der Waals surface area contributed by atoms with Crippen molar-refractivity contribution in [3.63, 3.8) is 0 Å². The topological polar surface area (TPSA) is 106 Å². The quantitative estimate of drug-likeness (QED) is 0.493. The lowest BCUT2D eigenvalue weighted by Crippen LogP contribution is -2.27. The number of nitro benzene ring substituents is 1. The second-order valence-electron chi connectivity index (χ2n) is 7.12. The van der Waals surface area contributed by atoms with Gasteiger partial charge in [0.25, 0.3) is 5.69 Å². The van der Waals surface area contributed by atoms with Crippen LogP contribution < -0.4 is 10.6 Å². The summed E-state index contributed by atoms with van der Waals surface area (Å²) in [4.78, 5) is 23.5. The highest BCUT2D eigenvalue weighted by atomic mass is 19.1. The number of benzene rings is 1. The molecule has 1 aromatic carbocycles. The lowest BCUT2D eigenvalue weighted by atomic mass is 10.1. The van der Waals surface area contributed by atoms with Gasteiger partial charge in [-0.1, -0.05) is 0 Å². The highest BCUT2D eigenvalue weighted by Gasteiger charge is 2.18. The van der Waals surface area contributed by atoms with Crippen LogP contribution in [0.15, 0.2) is 48.8 Å². The third-order valence-electron chi connectivity index (χ3n) is 3.61. The Hall–Kier alpha value is -3.62. The minimum atomic E-state index is -0.687. The zero-order chi connectivity index (χ0) is 20.3. The third-order valence-corrected chi connectivity index (χ3v) is 3.61. The number of rotatable bonds is 5. The van der Waals surface area contributed by atoms with Gasteiger partial charge < -0.3 is 10.6 Å². The Labute approximate surface area is 161 Å². The van der Waals surface area contributed by atoms with E-state index in [-0.39, 0.29) is 16.9 Å². The molecule has 8 nitrogen and oxygen atoms in total. The monoisotopic (exact) mass is 382 g/mol. The van der Waals surface area contributed by atoms with Crippen molar-refractivity contribution in [2.24, 2.45) is 0 Å². The number of pyridine rings is 1. The van der Waals surface area contributed by atoms with E-state index in [4.69, 9.17) is 0 Å². The Morgan fingerprint density at radius 1 is 1.07 bits per heavy atom. The van der Waals surface area contributed by atoms with Gasteiger partial charge in [0, 0.05) is 29.6 Å². The summed E-state index contributed by atoms with van der Waals surface area (Å²) in [7, 11) is 0. The Morgan fingerprint density at radius 2 is 1.79 bits per heavy atom. The zero-order valence-electron chi connectivity index (χ0n) is 15.6. The Kier molecular flexibility index (Phi) is 5.16. The molecule has 2 aromatic heterocycles. The van der Waals surface area contributed by atoms with E-state index in [1.807, 2.05) is 20.8 Å². The summed E-state index contributed by atoms with van der Waals surface area (Å²) >= 11 is 0. The minimum absolute atomic E-state index is 0.132. The molecule has 0 unspecified atom stereocenters. The molecule has 0 aliphatic rings. The van der Waals surface area contributed by atoms with E-state index in [1.165, 1.54) is 6.07 Å². The van der Waals surface area contributed by atoms with Gasteiger partial charge >= 0.3 is 0 Å². The van der Waals surface area contributed by atoms with E-state index in [9.17, 15) is 14.5 Å². The first-order valence-electron chi connectivity index (χ1n) is 8.50. The normalized spacial score (nSPS) is 11.1. The first-order valence-corrected chi connectivity index (χ1v) is 8.50. The highest BCUT2D eigenvalue weighted by molar-refractivity contribution is 5.71. The van der Waals surface area contributed by atoms with Crippen LogP contribution in [-0.2, 0) is 0 Å². The number of hydrogen-bond acceptors (Lipinski definition) is 7. The van der Waals surface area contributed by atoms with E-state index >= 15 is 0 Å². The summed E-state index contributed by atoms with van der Waals surface area (Å²) in [6, 6.07) is 8.58. The summed E-state index contributed by atoms with van der Waals surface area (Å²) in [6.07, 6.45) is 3.29. The number of nitrogens with one attached hydrogen (secondary N) is 2. The predicted molar refractivity (Wildman–Crippen MR) is 105 cm³/mol. The van der Waals surface area contributed by atoms with Gasteiger partial charge in [-0.05, 0) is 45.0 Å². The van der Waals surface area contributed by atoms with Gasteiger partial charge in [-0.2, -0.15) is 4.98 Å². The van der Waals surface area contributed by atoms with Gasteiger partial charge in [-0.15, -0.1) is 0 Å². The summed E-state index contributed by atoms with van der Waals surface area (Å²) in [5.41, 5.74) is 0.875. The van der Waals surface area contributed by atoms with Crippen LogP contribution in [0, 0.1) is 15.9 Å². The first kappa shape index (κ1) is 19.2. The van der Waals surface area contributed by atoms with Crippen LogP contribution in [-0.4, -0.2) is 25.4 Å². The smallest absolute Gasteiger partial charge is 0.295 e. The molecule has 0 atom stereocenters. The molecule has 0 amide bonds. The van der Waals surface area contributed by atoms with Crippen molar-refractivity contribution in [1.82, 2.24) is 15.0 Å². The maximum absolute atomic E-state index is 13.4. The van der Waals surface area contributed by atoms with Crippen LogP contribution in [0.25, 0.3) is 11.3 Å². The van der Waals surface area contributed by atoms with Crippen LogP contribution >= 0.6 is 0 Å². The summed E-state index contributed by atoms with van der Waals surface area (Å²) in [5, 5.41) is 17.3. The molecule has 0 fully saturated rings. The highest BCUT2D eigenvalue weighted by Crippen LogP contribution is 2.30. The molecular weight excluding hydrogens is 363 g/mol. The molecule has 28 heavy (non-hydrogen) atoms. The van der Waals surface area contributed by atoms with Crippen LogP contribution in [0.3, 0.4) is 0 Å². The molecule has 144 valence electrons. The van der Waals surface area contributed by atoms with E-state index < -0.39 is 10.7 Å². The van der Waals surface area contributed by atoms with Gasteiger partial charge in [-0.25, -0.2) is 9.37 Å². The largest absolute Gasteiger partial charge is 0.350 e. The van der Waals surface area contributed by atoms with Crippen LogP contribution in [0.2, 0.25) is 0 Å². The number of nitrogens with zero attached hydrogens (tertiary/aromatic N) is 4. The predicted octanol–water partition coefficient (Wildman–Crippen LogP) is 4.54. The van der Waals surface area contributed by atoms with Gasteiger partial charge in [0.2, 0.25) is 5.95 Å². The van der Waals surface area contributed by atoms with Gasteiger partial charge in [-0.3, -0.25) is 15.1 Å². The van der Waals surface area contributed by atoms with Gasteiger partial charge in [0.1, 0.15) is 17.3 Å². The van der Waals surface area contributed by atoms with Crippen molar-refractivity contribution >= 4 is 23.1 Å². The summed E-state index contributed by atoms with van der Waals surface area (Å²) in [5.74, 6) is 0.00449. The molecule has 2 heterocycles. The maximum Gasteiger partial charge on any atom is 0.295 e. The molecule has 9 heteroatoms. The van der Waals surface area contributed by atoms with Crippen LogP contribution in [0.5, 0.6) is 0 Å². The van der Waals surface area contributed by atoms with Crippen LogP contribution in [0.1, 0.15) is 20.8 Å². The second-order valence-corrected chi connectivity index (χ2v) is 7.12. The molecule has 3 rings (SSSR count). The second kappa shape index (κ2) is 7.55. The third kappa shape index (κ3) is 4.76. The van der Waals surface area contributed by atoms with Crippen molar-refractivity contribution in [2.75, 3.05) is 10.6 Å². The summed E-state index contributed by atoms with van der Waals surface area (Å²) < 4.78 is 13.4. The number of anilines is 3. The number of halogens is 1. The van der Waals surface area contributed by atoms with E-state index in [0.717, 1.165) is 17.7 Å². The van der Waals surface area contributed by atoms with E-state index in [1.54, 1.807) is 30.6 Å².